The van der Waals surface area contributed by atoms with Crippen LogP contribution >= 0.6 is 11.8 Å². The van der Waals surface area contributed by atoms with Gasteiger partial charge in [0.1, 0.15) is 5.75 Å². The average molecular weight is 339 g/mol. The van der Waals surface area contributed by atoms with E-state index in [0.717, 1.165) is 28.0 Å². The number of hydrogen-bond acceptors (Lipinski definition) is 4. The van der Waals surface area contributed by atoms with Crippen LogP contribution in [0.4, 0.5) is 0 Å². The molecule has 0 spiro atoms. The lowest BCUT2D eigenvalue weighted by Gasteiger charge is -2.13. The lowest BCUT2D eigenvalue weighted by molar-refractivity contribution is 0.416. The number of methoxy groups -OCH3 is 1. The van der Waals surface area contributed by atoms with Gasteiger partial charge in [0.2, 0.25) is 0 Å². The van der Waals surface area contributed by atoms with Crippen molar-refractivity contribution in [2.45, 2.75) is 31.2 Å². The molecule has 0 N–H and O–H groups in total. The van der Waals surface area contributed by atoms with Gasteiger partial charge in [0.15, 0.2) is 11.0 Å². The maximum absolute atomic E-state index is 5.51. The van der Waals surface area contributed by atoms with Gasteiger partial charge in [0, 0.05) is 10.9 Å². The van der Waals surface area contributed by atoms with E-state index in [1.54, 1.807) is 18.9 Å². The summed E-state index contributed by atoms with van der Waals surface area (Å²) >= 11 is 1.70. The van der Waals surface area contributed by atoms with E-state index < -0.39 is 0 Å². The monoisotopic (exact) mass is 339 g/mol. The number of thioether (sulfide) groups is 1. The first-order chi connectivity index (χ1) is 11.6. The highest BCUT2D eigenvalue weighted by Gasteiger charge is 2.19. The molecule has 0 aliphatic rings. The van der Waals surface area contributed by atoms with Gasteiger partial charge >= 0.3 is 0 Å². The third-order valence-electron chi connectivity index (χ3n) is 3.61. The van der Waals surface area contributed by atoms with E-state index in [-0.39, 0.29) is 0 Å². The second-order valence-corrected chi connectivity index (χ2v) is 7.39. The summed E-state index contributed by atoms with van der Waals surface area (Å²) in [6.07, 6.45) is 0. The zero-order chi connectivity index (χ0) is 17.1. The van der Waals surface area contributed by atoms with Gasteiger partial charge in [0.25, 0.3) is 0 Å². The SMILES string of the molecule is COc1ccccc1-c1nnc(SC(C)C)n1-c1ccc(C)cc1. The molecular weight excluding hydrogens is 318 g/mol. The van der Waals surface area contributed by atoms with Crippen LogP contribution in [-0.4, -0.2) is 27.1 Å². The van der Waals surface area contributed by atoms with E-state index in [1.165, 1.54) is 5.56 Å². The van der Waals surface area contributed by atoms with E-state index in [9.17, 15) is 0 Å². The number of ether oxygens (including phenoxy) is 1. The smallest absolute Gasteiger partial charge is 0.196 e. The largest absolute Gasteiger partial charge is 0.496 e. The summed E-state index contributed by atoms with van der Waals surface area (Å²) in [5.41, 5.74) is 3.21. The van der Waals surface area contributed by atoms with Gasteiger partial charge in [-0.1, -0.05) is 55.4 Å². The molecule has 3 aromatic rings. The molecule has 0 fully saturated rings. The topological polar surface area (TPSA) is 39.9 Å². The first kappa shape index (κ1) is 16.6. The van der Waals surface area contributed by atoms with E-state index in [0.29, 0.717) is 5.25 Å². The van der Waals surface area contributed by atoms with Crippen molar-refractivity contribution < 1.29 is 4.74 Å². The predicted octanol–water partition coefficient (Wildman–Crippen LogP) is 4.75. The highest BCUT2D eigenvalue weighted by molar-refractivity contribution is 7.99. The van der Waals surface area contributed by atoms with Crippen LogP contribution in [0, 0.1) is 6.92 Å². The van der Waals surface area contributed by atoms with Crippen molar-refractivity contribution in [2.75, 3.05) is 7.11 Å². The summed E-state index contributed by atoms with van der Waals surface area (Å²) in [5.74, 6) is 1.58. The normalized spacial score (nSPS) is 11.0. The summed E-state index contributed by atoms with van der Waals surface area (Å²) in [7, 11) is 1.68. The minimum atomic E-state index is 0.420. The fourth-order valence-electron chi connectivity index (χ4n) is 2.49. The van der Waals surface area contributed by atoms with Crippen LogP contribution in [0.1, 0.15) is 19.4 Å². The molecule has 4 nitrogen and oxygen atoms in total. The Morgan fingerprint density at radius 1 is 1.00 bits per heavy atom. The second-order valence-electron chi connectivity index (χ2n) is 5.84. The third-order valence-corrected chi connectivity index (χ3v) is 4.56. The van der Waals surface area contributed by atoms with Crippen molar-refractivity contribution in [3.63, 3.8) is 0 Å². The number of nitrogens with zero attached hydrogens (tertiary/aromatic N) is 3. The Morgan fingerprint density at radius 2 is 1.71 bits per heavy atom. The number of rotatable bonds is 5. The van der Waals surface area contributed by atoms with Crippen LogP contribution in [-0.2, 0) is 0 Å². The molecule has 1 aromatic heterocycles. The number of aromatic nitrogens is 3. The zero-order valence-electron chi connectivity index (χ0n) is 14.4. The first-order valence-electron chi connectivity index (χ1n) is 7.92. The van der Waals surface area contributed by atoms with Gasteiger partial charge in [-0.15, -0.1) is 10.2 Å². The van der Waals surface area contributed by atoms with E-state index in [2.05, 4.69) is 59.8 Å². The van der Waals surface area contributed by atoms with Crippen LogP contribution in [0.3, 0.4) is 0 Å². The Labute approximate surface area is 146 Å². The van der Waals surface area contributed by atoms with Crippen molar-refractivity contribution in [1.82, 2.24) is 14.8 Å². The van der Waals surface area contributed by atoms with E-state index >= 15 is 0 Å². The van der Waals surface area contributed by atoms with Gasteiger partial charge in [-0.25, -0.2) is 0 Å². The standard InChI is InChI=1S/C19H21N3OS/c1-13(2)24-19-21-20-18(16-7-5-6-8-17(16)23-4)22(19)15-11-9-14(3)10-12-15/h5-13H,1-4H3. The molecule has 24 heavy (non-hydrogen) atoms. The Morgan fingerprint density at radius 3 is 2.38 bits per heavy atom. The summed E-state index contributed by atoms with van der Waals surface area (Å²) in [6.45, 7) is 6.39. The quantitative estimate of drug-likeness (QED) is 0.629. The summed E-state index contributed by atoms with van der Waals surface area (Å²) in [4.78, 5) is 0. The fraction of sp³-hybridized carbons (Fsp3) is 0.263. The van der Waals surface area contributed by atoms with Crippen LogP contribution in [0.2, 0.25) is 0 Å². The van der Waals surface area contributed by atoms with Crippen LogP contribution in [0.25, 0.3) is 17.1 Å². The highest BCUT2D eigenvalue weighted by Crippen LogP contribution is 2.34. The van der Waals surface area contributed by atoms with Crippen LogP contribution < -0.4 is 4.74 Å². The first-order valence-corrected chi connectivity index (χ1v) is 8.80. The average Bonchev–Trinajstić information content (AvgIpc) is 2.98. The lowest BCUT2D eigenvalue weighted by Crippen LogP contribution is -2.02. The van der Waals surface area contributed by atoms with Crippen LogP contribution in [0.15, 0.2) is 53.7 Å². The van der Waals surface area contributed by atoms with Gasteiger partial charge < -0.3 is 4.74 Å². The summed E-state index contributed by atoms with van der Waals surface area (Å²) < 4.78 is 7.61. The Hall–Kier alpha value is -2.27. The van der Waals surface area contributed by atoms with Crippen molar-refractivity contribution >= 4 is 11.8 Å². The van der Waals surface area contributed by atoms with Crippen LogP contribution in [0.5, 0.6) is 5.75 Å². The Kier molecular flexibility index (Phi) is 4.90. The molecule has 0 amide bonds. The minimum Gasteiger partial charge on any atom is -0.496 e. The van der Waals surface area contributed by atoms with E-state index in [1.807, 2.05) is 24.3 Å². The number of benzene rings is 2. The Bertz CT molecular complexity index is 825. The highest BCUT2D eigenvalue weighted by atomic mass is 32.2. The molecule has 0 saturated heterocycles. The maximum atomic E-state index is 5.51. The lowest BCUT2D eigenvalue weighted by atomic mass is 10.1. The molecule has 3 rings (SSSR count). The molecule has 0 saturated carbocycles. The van der Waals surface area contributed by atoms with Crippen molar-refractivity contribution in [1.29, 1.82) is 0 Å². The second kappa shape index (κ2) is 7.09. The molecule has 0 bridgehead atoms. The Balaban J connectivity index is 2.19. The van der Waals surface area contributed by atoms with Gasteiger partial charge in [0.05, 0.1) is 12.7 Å². The molecule has 0 radical (unpaired) electrons. The molecule has 124 valence electrons. The van der Waals surface area contributed by atoms with Gasteiger partial charge in [-0.05, 0) is 31.2 Å². The van der Waals surface area contributed by atoms with Crippen molar-refractivity contribution in [3.8, 4) is 22.8 Å². The van der Waals surface area contributed by atoms with Gasteiger partial charge in [-0.2, -0.15) is 0 Å². The summed E-state index contributed by atoms with van der Waals surface area (Å²) in [6, 6.07) is 16.3. The number of aryl methyl sites for hydroxylation is 1. The van der Waals surface area contributed by atoms with E-state index in [4.69, 9.17) is 4.74 Å². The molecule has 5 heteroatoms. The number of para-hydroxylation sites is 1. The molecule has 0 atom stereocenters. The summed E-state index contributed by atoms with van der Waals surface area (Å²) in [5, 5.41) is 10.2. The zero-order valence-corrected chi connectivity index (χ0v) is 15.2. The molecule has 0 aliphatic heterocycles. The fourth-order valence-corrected chi connectivity index (χ4v) is 3.29. The molecule has 2 aromatic carbocycles. The predicted molar refractivity (Wildman–Crippen MR) is 99.1 cm³/mol. The molecule has 0 unspecified atom stereocenters. The maximum Gasteiger partial charge on any atom is 0.196 e. The molecule has 0 aliphatic carbocycles. The van der Waals surface area contributed by atoms with Crippen molar-refractivity contribution in [2.24, 2.45) is 0 Å². The van der Waals surface area contributed by atoms with Gasteiger partial charge in [-0.3, -0.25) is 4.57 Å². The number of hydrogen-bond donors (Lipinski definition) is 0. The van der Waals surface area contributed by atoms with Crippen molar-refractivity contribution in [3.05, 3.63) is 54.1 Å². The third kappa shape index (κ3) is 3.31. The molecular formula is C19H21N3OS. The molecule has 1 heterocycles. The minimum absolute atomic E-state index is 0.420.